The predicted octanol–water partition coefficient (Wildman–Crippen LogP) is 5.36. The van der Waals surface area contributed by atoms with E-state index in [9.17, 15) is 0 Å². The van der Waals surface area contributed by atoms with Gasteiger partial charge in [0.15, 0.2) is 0 Å². The van der Waals surface area contributed by atoms with Crippen LogP contribution in [-0.2, 0) is 17.7 Å². The molecule has 0 aliphatic rings. The van der Waals surface area contributed by atoms with Crippen molar-refractivity contribution in [2.45, 2.75) is 26.3 Å². The van der Waals surface area contributed by atoms with E-state index in [1.54, 1.807) is 0 Å². The van der Waals surface area contributed by atoms with E-state index >= 15 is 0 Å². The zero-order chi connectivity index (χ0) is 16.9. The maximum Gasteiger partial charge on any atom is 0.114 e. The Hall–Kier alpha value is -1.55. The van der Waals surface area contributed by atoms with Crippen LogP contribution in [0.2, 0.25) is 10.0 Å². The number of aryl methyl sites for hydroxylation is 1. The number of hydrogen-bond acceptors (Lipinski definition) is 2. The molecule has 0 amide bonds. The van der Waals surface area contributed by atoms with Crippen LogP contribution in [0.1, 0.15) is 24.7 Å². The third-order valence-electron chi connectivity index (χ3n) is 3.94. The standard InChI is InChI=1S/C19H20Cl2N2O/c1-2-24-11-3-10-23-18-9-8-16(21)13-17(18)22-19(23)12-14-4-6-15(20)7-5-14/h4-9,13H,2-3,10-12H2,1H3. The zero-order valence-electron chi connectivity index (χ0n) is 13.6. The van der Waals surface area contributed by atoms with Gasteiger partial charge in [-0.05, 0) is 49.2 Å². The largest absolute Gasteiger partial charge is 0.382 e. The van der Waals surface area contributed by atoms with Gasteiger partial charge >= 0.3 is 0 Å². The van der Waals surface area contributed by atoms with E-state index < -0.39 is 0 Å². The molecule has 1 heterocycles. The minimum absolute atomic E-state index is 0.708. The first kappa shape index (κ1) is 17.3. The molecule has 3 aromatic rings. The summed E-state index contributed by atoms with van der Waals surface area (Å²) in [5.41, 5.74) is 3.23. The summed E-state index contributed by atoms with van der Waals surface area (Å²) in [6.45, 7) is 4.39. The average Bonchev–Trinajstić information content (AvgIpc) is 2.90. The van der Waals surface area contributed by atoms with Crippen molar-refractivity contribution >= 4 is 34.2 Å². The lowest BCUT2D eigenvalue weighted by Gasteiger charge is -2.10. The number of fused-ring (bicyclic) bond motifs is 1. The number of nitrogens with zero attached hydrogens (tertiary/aromatic N) is 2. The molecular weight excluding hydrogens is 343 g/mol. The third kappa shape index (κ3) is 4.10. The van der Waals surface area contributed by atoms with E-state index in [1.165, 1.54) is 5.56 Å². The molecule has 3 nitrogen and oxygen atoms in total. The molecule has 0 saturated heterocycles. The highest BCUT2D eigenvalue weighted by Crippen LogP contribution is 2.23. The van der Waals surface area contributed by atoms with Crippen LogP contribution in [0.4, 0.5) is 0 Å². The molecule has 0 bridgehead atoms. The predicted molar refractivity (Wildman–Crippen MR) is 100 cm³/mol. The average molecular weight is 363 g/mol. The fraction of sp³-hybridized carbons (Fsp3) is 0.316. The van der Waals surface area contributed by atoms with Crippen molar-refractivity contribution in [3.63, 3.8) is 0 Å². The first-order valence-electron chi connectivity index (χ1n) is 8.14. The smallest absolute Gasteiger partial charge is 0.114 e. The van der Waals surface area contributed by atoms with E-state index in [4.69, 9.17) is 32.9 Å². The highest BCUT2D eigenvalue weighted by Gasteiger charge is 2.11. The summed E-state index contributed by atoms with van der Waals surface area (Å²) < 4.78 is 7.73. The number of benzene rings is 2. The monoisotopic (exact) mass is 362 g/mol. The van der Waals surface area contributed by atoms with Crippen molar-refractivity contribution in [1.29, 1.82) is 0 Å². The van der Waals surface area contributed by atoms with E-state index in [1.807, 2.05) is 49.4 Å². The Kier molecular flexibility index (Phi) is 5.77. The molecule has 0 atom stereocenters. The number of ether oxygens (including phenoxy) is 1. The molecule has 24 heavy (non-hydrogen) atoms. The Morgan fingerprint density at radius 3 is 2.54 bits per heavy atom. The molecular formula is C19H20Cl2N2O. The molecule has 0 aliphatic heterocycles. The Morgan fingerprint density at radius 1 is 1.04 bits per heavy atom. The van der Waals surface area contributed by atoms with Crippen LogP contribution < -0.4 is 0 Å². The summed E-state index contributed by atoms with van der Waals surface area (Å²) >= 11 is 12.1. The van der Waals surface area contributed by atoms with Crippen LogP contribution >= 0.6 is 23.2 Å². The molecule has 5 heteroatoms. The number of imidazole rings is 1. The van der Waals surface area contributed by atoms with Crippen molar-refractivity contribution in [1.82, 2.24) is 9.55 Å². The normalized spacial score (nSPS) is 11.3. The third-order valence-corrected chi connectivity index (χ3v) is 4.43. The lowest BCUT2D eigenvalue weighted by atomic mass is 10.1. The molecule has 0 N–H and O–H groups in total. The Balaban J connectivity index is 1.90. The summed E-state index contributed by atoms with van der Waals surface area (Å²) in [7, 11) is 0. The quantitative estimate of drug-likeness (QED) is 0.529. The molecule has 0 unspecified atom stereocenters. The maximum atomic E-state index is 6.12. The van der Waals surface area contributed by atoms with Gasteiger partial charge in [0.05, 0.1) is 11.0 Å². The first-order valence-corrected chi connectivity index (χ1v) is 8.90. The van der Waals surface area contributed by atoms with Crippen molar-refractivity contribution in [3.8, 4) is 0 Å². The summed E-state index contributed by atoms with van der Waals surface area (Å²) in [6, 6.07) is 13.8. The Morgan fingerprint density at radius 2 is 1.79 bits per heavy atom. The second-order valence-electron chi connectivity index (χ2n) is 5.67. The van der Waals surface area contributed by atoms with Crippen LogP contribution in [0.5, 0.6) is 0 Å². The van der Waals surface area contributed by atoms with Crippen molar-refractivity contribution in [2.24, 2.45) is 0 Å². The van der Waals surface area contributed by atoms with Gasteiger partial charge in [-0.2, -0.15) is 0 Å². The summed E-state index contributed by atoms with van der Waals surface area (Å²) in [6.07, 6.45) is 1.72. The summed E-state index contributed by atoms with van der Waals surface area (Å²) in [5, 5.41) is 1.45. The van der Waals surface area contributed by atoms with Gasteiger partial charge in [0.2, 0.25) is 0 Å². The van der Waals surface area contributed by atoms with E-state index in [2.05, 4.69) is 4.57 Å². The van der Waals surface area contributed by atoms with Crippen LogP contribution in [0.3, 0.4) is 0 Å². The SMILES string of the molecule is CCOCCCn1c(Cc2ccc(Cl)cc2)nc2cc(Cl)ccc21. The van der Waals surface area contributed by atoms with Crippen LogP contribution in [0.25, 0.3) is 11.0 Å². The Bertz CT molecular complexity index is 812. The van der Waals surface area contributed by atoms with E-state index in [0.29, 0.717) is 5.02 Å². The van der Waals surface area contributed by atoms with Gasteiger partial charge in [-0.15, -0.1) is 0 Å². The van der Waals surface area contributed by atoms with Crippen molar-refractivity contribution in [3.05, 3.63) is 63.9 Å². The molecule has 0 spiro atoms. The molecule has 0 saturated carbocycles. The highest BCUT2D eigenvalue weighted by atomic mass is 35.5. The van der Waals surface area contributed by atoms with Gasteiger partial charge in [-0.25, -0.2) is 4.98 Å². The van der Waals surface area contributed by atoms with Gasteiger partial charge in [-0.3, -0.25) is 0 Å². The van der Waals surface area contributed by atoms with Crippen LogP contribution in [0.15, 0.2) is 42.5 Å². The fourth-order valence-electron chi connectivity index (χ4n) is 2.79. The minimum Gasteiger partial charge on any atom is -0.382 e. The summed E-state index contributed by atoms with van der Waals surface area (Å²) in [5.74, 6) is 1.03. The van der Waals surface area contributed by atoms with Crippen molar-refractivity contribution < 1.29 is 4.74 Å². The topological polar surface area (TPSA) is 27.1 Å². The van der Waals surface area contributed by atoms with Gasteiger partial charge in [0.25, 0.3) is 0 Å². The van der Waals surface area contributed by atoms with Gasteiger partial charge < -0.3 is 9.30 Å². The van der Waals surface area contributed by atoms with Gasteiger partial charge in [0, 0.05) is 36.2 Å². The maximum absolute atomic E-state index is 6.12. The molecule has 126 valence electrons. The number of aromatic nitrogens is 2. The molecule has 1 aromatic heterocycles. The molecule has 0 fully saturated rings. The Labute approximate surface area is 152 Å². The summed E-state index contributed by atoms with van der Waals surface area (Å²) in [4.78, 5) is 4.79. The van der Waals surface area contributed by atoms with E-state index in [0.717, 1.165) is 54.5 Å². The number of hydrogen-bond donors (Lipinski definition) is 0. The minimum atomic E-state index is 0.708. The lowest BCUT2D eigenvalue weighted by molar-refractivity contribution is 0.141. The van der Waals surface area contributed by atoms with Crippen molar-refractivity contribution in [2.75, 3.05) is 13.2 Å². The van der Waals surface area contributed by atoms with Crippen LogP contribution in [-0.4, -0.2) is 22.8 Å². The fourth-order valence-corrected chi connectivity index (χ4v) is 3.08. The highest BCUT2D eigenvalue weighted by molar-refractivity contribution is 6.31. The van der Waals surface area contributed by atoms with E-state index in [-0.39, 0.29) is 0 Å². The zero-order valence-corrected chi connectivity index (χ0v) is 15.1. The van der Waals surface area contributed by atoms with Crippen LogP contribution in [0, 0.1) is 0 Å². The van der Waals surface area contributed by atoms with Gasteiger partial charge in [-0.1, -0.05) is 35.3 Å². The lowest BCUT2D eigenvalue weighted by Crippen LogP contribution is -2.07. The second kappa shape index (κ2) is 8.02. The molecule has 3 rings (SSSR count). The molecule has 2 aromatic carbocycles. The molecule has 0 radical (unpaired) electrons. The molecule has 0 aliphatic carbocycles. The van der Waals surface area contributed by atoms with Gasteiger partial charge in [0.1, 0.15) is 5.82 Å². The first-order chi connectivity index (χ1) is 11.7. The second-order valence-corrected chi connectivity index (χ2v) is 6.54. The number of halogens is 2. The number of rotatable bonds is 7.